The molecule has 2 aliphatic rings. The van der Waals surface area contributed by atoms with E-state index >= 15 is 0 Å². The van der Waals surface area contributed by atoms with Gasteiger partial charge in [-0.1, -0.05) is 42.0 Å². The van der Waals surface area contributed by atoms with Crippen molar-refractivity contribution in [2.45, 2.75) is 25.3 Å². The van der Waals surface area contributed by atoms with Crippen LogP contribution in [0, 0.1) is 18.7 Å². The van der Waals surface area contributed by atoms with Crippen molar-refractivity contribution >= 4 is 5.69 Å². The fraction of sp³-hybridized carbons (Fsp3) is 0.263. The van der Waals surface area contributed by atoms with Gasteiger partial charge in [0.2, 0.25) is 0 Å². The van der Waals surface area contributed by atoms with Crippen molar-refractivity contribution in [3.8, 4) is 0 Å². The average Bonchev–Trinajstić information content (AvgIpc) is 2.97. The molecule has 1 aliphatic heterocycles. The van der Waals surface area contributed by atoms with Gasteiger partial charge in [0.25, 0.3) is 0 Å². The van der Waals surface area contributed by atoms with Crippen LogP contribution in [0.2, 0.25) is 0 Å². The Morgan fingerprint density at radius 3 is 2.71 bits per heavy atom. The first kappa shape index (κ1) is 12.6. The van der Waals surface area contributed by atoms with E-state index in [0.717, 1.165) is 6.42 Å². The van der Waals surface area contributed by atoms with Crippen molar-refractivity contribution in [2.75, 3.05) is 5.32 Å². The number of nitrogens with one attached hydrogen (secondary N) is 1. The Balaban J connectivity index is 1.78. The highest BCUT2D eigenvalue weighted by atomic mass is 19.1. The number of hydrogen-bond donors (Lipinski definition) is 1. The molecule has 1 heterocycles. The Labute approximate surface area is 124 Å². The molecular weight excluding hydrogens is 261 g/mol. The predicted octanol–water partition coefficient (Wildman–Crippen LogP) is 4.96. The summed E-state index contributed by atoms with van der Waals surface area (Å²) in [7, 11) is 0. The van der Waals surface area contributed by atoms with Gasteiger partial charge in [0, 0.05) is 11.6 Å². The third kappa shape index (κ3) is 2.06. The van der Waals surface area contributed by atoms with E-state index in [9.17, 15) is 4.39 Å². The minimum atomic E-state index is -0.174. The molecule has 2 heteroatoms. The topological polar surface area (TPSA) is 12.0 Å². The molecular formula is C19H18FN. The van der Waals surface area contributed by atoms with Crippen LogP contribution in [0.25, 0.3) is 0 Å². The highest BCUT2D eigenvalue weighted by molar-refractivity contribution is 5.60. The Morgan fingerprint density at radius 1 is 1.10 bits per heavy atom. The van der Waals surface area contributed by atoms with E-state index < -0.39 is 0 Å². The number of anilines is 1. The highest BCUT2D eigenvalue weighted by Gasteiger charge is 2.37. The second-order valence-corrected chi connectivity index (χ2v) is 6.12. The van der Waals surface area contributed by atoms with E-state index in [1.807, 2.05) is 12.1 Å². The van der Waals surface area contributed by atoms with E-state index in [4.69, 9.17) is 0 Å². The molecule has 1 N–H and O–H groups in total. The van der Waals surface area contributed by atoms with Gasteiger partial charge in [-0.3, -0.25) is 0 Å². The molecule has 1 aliphatic carbocycles. The molecule has 0 amide bonds. The first-order valence-corrected chi connectivity index (χ1v) is 7.51. The Bertz CT molecular complexity index is 702. The van der Waals surface area contributed by atoms with Crippen molar-refractivity contribution < 1.29 is 4.39 Å². The van der Waals surface area contributed by atoms with Crippen LogP contribution in [0.5, 0.6) is 0 Å². The number of halogens is 1. The Hall–Kier alpha value is -2.09. The summed E-state index contributed by atoms with van der Waals surface area (Å²) in [6.45, 7) is 2.14. The van der Waals surface area contributed by atoms with Gasteiger partial charge in [-0.15, -0.1) is 0 Å². The summed E-state index contributed by atoms with van der Waals surface area (Å²) < 4.78 is 13.2. The van der Waals surface area contributed by atoms with Crippen LogP contribution in [-0.4, -0.2) is 0 Å². The lowest BCUT2D eigenvalue weighted by Crippen LogP contribution is -2.29. The van der Waals surface area contributed by atoms with Gasteiger partial charge in [-0.05, 0) is 48.6 Å². The first-order valence-electron chi connectivity index (χ1n) is 7.51. The lowest BCUT2D eigenvalue weighted by Gasteiger charge is -2.37. The summed E-state index contributed by atoms with van der Waals surface area (Å²) in [5.74, 6) is 0.813. The van der Waals surface area contributed by atoms with Crippen molar-refractivity contribution in [3.05, 3.63) is 77.1 Å². The van der Waals surface area contributed by atoms with E-state index in [1.165, 1.54) is 22.4 Å². The maximum absolute atomic E-state index is 13.2. The standard InChI is InChI=1S/C19H18FN/c1-12-5-10-18-17(11-12)15-3-2-4-16(15)19(21-18)13-6-8-14(20)9-7-13/h2-3,5-11,15-16,19,21H,4H2,1H3/t15-,16+,19+/m1/s1. The molecule has 3 atom stereocenters. The highest BCUT2D eigenvalue weighted by Crippen LogP contribution is 2.49. The smallest absolute Gasteiger partial charge is 0.123 e. The molecule has 0 saturated carbocycles. The molecule has 0 fully saturated rings. The largest absolute Gasteiger partial charge is 0.378 e. The van der Waals surface area contributed by atoms with Crippen LogP contribution in [0.15, 0.2) is 54.6 Å². The first-order chi connectivity index (χ1) is 10.2. The normalized spacial score (nSPS) is 26.1. The van der Waals surface area contributed by atoms with Gasteiger partial charge < -0.3 is 5.32 Å². The monoisotopic (exact) mass is 279 g/mol. The summed E-state index contributed by atoms with van der Waals surface area (Å²) in [6, 6.07) is 13.8. The number of fused-ring (bicyclic) bond motifs is 3. The third-order valence-corrected chi connectivity index (χ3v) is 4.75. The number of allylic oxidation sites excluding steroid dienone is 2. The van der Waals surface area contributed by atoms with Crippen molar-refractivity contribution in [1.82, 2.24) is 0 Å². The number of benzene rings is 2. The fourth-order valence-corrected chi connectivity index (χ4v) is 3.71. The third-order valence-electron chi connectivity index (χ3n) is 4.75. The van der Waals surface area contributed by atoms with E-state index in [1.54, 1.807) is 12.1 Å². The lowest BCUT2D eigenvalue weighted by molar-refractivity contribution is 0.425. The number of hydrogen-bond acceptors (Lipinski definition) is 1. The van der Waals surface area contributed by atoms with Crippen LogP contribution < -0.4 is 5.32 Å². The lowest BCUT2D eigenvalue weighted by atomic mass is 9.77. The fourth-order valence-electron chi connectivity index (χ4n) is 3.71. The molecule has 0 spiro atoms. The molecule has 0 radical (unpaired) electrons. The van der Waals surface area contributed by atoms with E-state index in [-0.39, 0.29) is 11.9 Å². The number of aryl methyl sites for hydroxylation is 1. The summed E-state index contributed by atoms with van der Waals surface area (Å²) in [4.78, 5) is 0. The average molecular weight is 279 g/mol. The van der Waals surface area contributed by atoms with Gasteiger partial charge in [-0.25, -0.2) is 4.39 Å². The van der Waals surface area contributed by atoms with Crippen LogP contribution in [0.3, 0.4) is 0 Å². The van der Waals surface area contributed by atoms with Gasteiger partial charge in [0.1, 0.15) is 5.82 Å². The van der Waals surface area contributed by atoms with Crippen molar-refractivity contribution in [1.29, 1.82) is 0 Å². The van der Waals surface area contributed by atoms with Crippen molar-refractivity contribution in [2.24, 2.45) is 5.92 Å². The molecule has 0 saturated heterocycles. The minimum absolute atomic E-state index is 0.174. The quantitative estimate of drug-likeness (QED) is 0.727. The molecule has 106 valence electrons. The summed E-state index contributed by atoms with van der Waals surface area (Å²) in [6.07, 6.45) is 5.69. The van der Waals surface area contributed by atoms with Crippen LogP contribution >= 0.6 is 0 Å². The number of rotatable bonds is 1. The summed E-state index contributed by atoms with van der Waals surface area (Å²) >= 11 is 0. The maximum Gasteiger partial charge on any atom is 0.123 e. The Kier molecular flexibility index (Phi) is 2.85. The molecule has 21 heavy (non-hydrogen) atoms. The van der Waals surface area contributed by atoms with Crippen molar-refractivity contribution in [3.63, 3.8) is 0 Å². The van der Waals surface area contributed by atoms with Gasteiger partial charge >= 0.3 is 0 Å². The summed E-state index contributed by atoms with van der Waals surface area (Å²) in [5, 5.41) is 3.67. The molecule has 0 aromatic heterocycles. The second-order valence-electron chi connectivity index (χ2n) is 6.12. The molecule has 1 nitrogen and oxygen atoms in total. The maximum atomic E-state index is 13.2. The van der Waals surface area contributed by atoms with Gasteiger partial charge in [-0.2, -0.15) is 0 Å². The Morgan fingerprint density at radius 2 is 1.90 bits per heavy atom. The molecule has 4 rings (SSSR count). The summed E-state index contributed by atoms with van der Waals surface area (Å²) in [5.41, 5.74) is 5.07. The molecule has 2 aromatic rings. The zero-order valence-corrected chi connectivity index (χ0v) is 12.0. The van der Waals surface area contributed by atoms with Crippen LogP contribution in [0.4, 0.5) is 10.1 Å². The predicted molar refractivity (Wildman–Crippen MR) is 83.9 cm³/mol. The van der Waals surface area contributed by atoms with E-state index in [2.05, 4.69) is 42.6 Å². The minimum Gasteiger partial charge on any atom is -0.378 e. The molecule has 2 aromatic carbocycles. The zero-order valence-electron chi connectivity index (χ0n) is 12.0. The van der Waals surface area contributed by atoms with Crippen LogP contribution in [-0.2, 0) is 0 Å². The second kappa shape index (κ2) is 4.73. The molecule has 0 unspecified atom stereocenters. The van der Waals surface area contributed by atoms with Gasteiger partial charge in [0.05, 0.1) is 6.04 Å². The van der Waals surface area contributed by atoms with Gasteiger partial charge in [0.15, 0.2) is 0 Å². The SMILES string of the molecule is Cc1ccc2c(c1)[C@@H]1C=CC[C@@H]1[C@H](c1ccc(F)cc1)N2. The van der Waals surface area contributed by atoms with E-state index in [0.29, 0.717) is 11.8 Å². The molecule has 0 bridgehead atoms. The zero-order chi connectivity index (χ0) is 14.4. The van der Waals surface area contributed by atoms with Crippen LogP contribution in [0.1, 0.15) is 35.1 Å².